The Labute approximate surface area is 125 Å². The molecule has 20 heavy (non-hydrogen) atoms. The topological polar surface area (TPSA) is 43.1 Å². The van der Waals surface area contributed by atoms with E-state index in [-0.39, 0.29) is 16.8 Å². The van der Waals surface area contributed by atoms with Crippen LogP contribution in [0.5, 0.6) is 0 Å². The van der Waals surface area contributed by atoms with Gasteiger partial charge in [-0.05, 0) is 30.7 Å². The normalized spacial score (nSPS) is 14.0. The van der Waals surface area contributed by atoms with Gasteiger partial charge in [0, 0.05) is 16.7 Å². The highest BCUT2D eigenvalue weighted by Crippen LogP contribution is 2.21. The predicted octanol–water partition coefficient (Wildman–Crippen LogP) is 3.60. The summed E-state index contributed by atoms with van der Waals surface area (Å²) in [5.74, 6) is -0.249. The van der Waals surface area contributed by atoms with Crippen molar-refractivity contribution in [1.82, 2.24) is 0 Å². The van der Waals surface area contributed by atoms with E-state index in [0.29, 0.717) is 4.90 Å². The van der Waals surface area contributed by atoms with Crippen molar-refractivity contribution in [3.63, 3.8) is 0 Å². The molecule has 2 N–H and O–H groups in total. The largest absolute Gasteiger partial charge is 0.323 e. The van der Waals surface area contributed by atoms with Gasteiger partial charge in [0.25, 0.3) is 0 Å². The summed E-state index contributed by atoms with van der Waals surface area (Å²) < 4.78 is 25.3. The second kappa shape index (κ2) is 6.48. The van der Waals surface area contributed by atoms with Gasteiger partial charge in [0.05, 0.1) is 15.8 Å². The van der Waals surface area contributed by atoms with Crippen LogP contribution in [0.2, 0.25) is 5.02 Å². The minimum absolute atomic E-state index is 0.0278. The van der Waals surface area contributed by atoms with E-state index in [4.69, 9.17) is 17.3 Å². The highest BCUT2D eigenvalue weighted by atomic mass is 35.5. The van der Waals surface area contributed by atoms with Gasteiger partial charge < -0.3 is 5.73 Å². The first-order chi connectivity index (χ1) is 9.47. The van der Waals surface area contributed by atoms with Crippen LogP contribution in [-0.2, 0) is 10.8 Å². The number of benzene rings is 2. The van der Waals surface area contributed by atoms with Crippen molar-refractivity contribution in [3.8, 4) is 0 Å². The molecule has 0 bridgehead atoms. The Hall–Kier alpha value is -1.23. The third-order valence-corrected chi connectivity index (χ3v) is 4.69. The number of hydrogen-bond acceptors (Lipinski definition) is 2. The predicted molar refractivity (Wildman–Crippen MR) is 80.8 cm³/mol. The molecule has 0 aliphatic rings. The second-order valence-electron chi connectivity index (χ2n) is 4.61. The quantitative estimate of drug-likeness (QED) is 0.937. The molecule has 0 amide bonds. The van der Waals surface area contributed by atoms with Gasteiger partial charge in [-0.2, -0.15) is 0 Å². The fraction of sp³-hybridized carbons (Fsp3) is 0.200. The summed E-state index contributed by atoms with van der Waals surface area (Å²) in [6, 6.07) is 11.5. The van der Waals surface area contributed by atoms with E-state index in [2.05, 4.69) is 0 Å². The number of halogens is 2. The lowest BCUT2D eigenvalue weighted by Crippen LogP contribution is -2.18. The molecule has 106 valence electrons. The first kappa shape index (κ1) is 15.2. The Morgan fingerprint density at radius 3 is 2.70 bits per heavy atom. The summed E-state index contributed by atoms with van der Waals surface area (Å²) in [5.41, 5.74) is 8.11. The van der Waals surface area contributed by atoms with Crippen LogP contribution in [0, 0.1) is 12.7 Å². The number of rotatable bonds is 4. The molecule has 5 heteroatoms. The van der Waals surface area contributed by atoms with Crippen LogP contribution in [0.15, 0.2) is 47.4 Å². The summed E-state index contributed by atoms with van der Waals surface area (Å²) in [5, 5.41) is -0.0278. The zero-order valence-electron chi connectivity index (χ0n) is 11.0. The molecule has 0 aliphatic heterocycles. The maximum atomic E-state index is 13.1. The molecule has 0 radical (unpaired) electrons. The lowest BCUT2D eigenvalue weighted by Gasteiger charge is -2.12. The molecule has 0 aromatic heterocycles. The molecule has 0 saturated carbocycles. The lowest BCUT2D eigenvalue weighted by atomic mass is 10.1. The van der Waals surface area contributed by atoms with E-state index in [9.17, 15) is 8.60 Å². The third-order valence-electron chi connectivity index (χ3n) is 2.96. The summed E-state index contributed by atoms with van der Waals surface area (Å²) in [4.78, 5) is 0.486. The highest BCUT2D eigenvalue weighted by molar-refractivity contribution is 7.85. The van der Waals surface area contributed by atoms with E-state index in [0.717, 1.165) is 11.1 Å². The van der Waals surface area contributed by atoms with Gasteiger partial charge in [0.2, 0.25) is 0 Å². The van der Waals surface area contributed by atoms with E-state index < -0.39 is 16.6 Å². The number of hydrogen-bond donors (Lipinski definition) is 1. The van der Waals surface area contributed by atoms with E-state index in [1.807, 2.05) is 31.2 Å². The Balaban J connectivity index is 2.13. The zero-order chi connectivity index (χ0) is 14.7. The molecule has 2 unspecified atom stereocenters. The number of aryl methyl sites for hydroxylation is 1. The van der Waals surface area contributed by atoms with Crippen LogP contribution in [0.1, 0.15) is 17.2 Å². The molecule has 0 aliphatic carbocycles. The molecule has 2 aromatic carbocycles. The summed E-state index contributed by atoms with van der Waals surface area (Å²) in [6.07, 6.45) is 0. The van der Waals surface area contributed by atoms with Gasteiger partial charge in [-0.15, -0.1) is 0 Å². The Kier molecular flexibility index (Phi) is 4.91. The Morgan fingerprint density at radius 2 is 2.05 bits per heavy atom. The van der Waals surface area contributed by atoms with Crippen LogP contribution in [0.4, 0.5) is 4.39 Å². The van der Waals surface area contributed by atoms with Crippen LogP contribution < -0.4 is 5.73 Å². The van der Waals surface area contributed by atoms with E-state index >= 15 is 0 Å². The summed E-state index contributed by atoms with van der Waals surface area (Å²) in [7, 11) is -1.32. The average molecular weight is 312 g/mol. The van der Waals surface area contributed by atoms with Crippen molar-refractivity contribution in [1.29, 1.82) is 0 Å². The van der Waals surface area contributed by atoms with Crippen molar-refractivity contribution >= 4 is 22.4 Å². The molecule has 0 heterocycles. The maximum Gasteiger partial charge on any atom is 0.141 e. The molecule has 2 rings (SSSR count). The molecular formula is C15H15ClFNOS. The number of nitrogens with two attached hydrogens (primary N) is 1. The van der Waals surface area contributed by atoms with E-state index in [1.54, 1.807) is 0 Å². The summed E-state index contributed by atoms with van der Waals surface area (Å²) in [6.45, 7) is 1.98. The fourth-order valence-corrected chi connectivity index (χ4v) is 3.30. The molecule has 0 spiro atoms. The zero-order valence-corrected chi connectivity index (χ0v) is 12.5. The molecular weight excluding hydrogens is 297 g/mol. The smallest absolute Gasteiger partial charge is 0.141 e. The summed E-state index contributed by atoms with van der Waals surface area (Å²) >= 11 is 5.69. The highest BCUT2D eigenvalue weighted by Gasteiger charge is 2.13. The van der Waals surface area contributed by atoms with Crippen molar-refractivity contribution in [2.45, 2.75) is 17.9 Å². The van der Waals surface area contributed by atoms with Gasteiger partial charge in [-0.1, -0.05) is 41.4 Å². The first-order valence-corrected chi connectivity index (χ1v) is 7.82. The fourth-order valence-electron chi connectivity index (χ4n) is 1.87. The van der Waals surface area contributed by atoms with Crippen molar-refractivity contribution in [2.75, 3.05) is 5.75 Å². The van der Waals surface area contributed by atoms with Gasteiger partial charge in [0.1, 0.15) is 5.82 Å². The van der Waals surface area contributed by atoms with Crippen LogP contribution in [0.3, 0.4) is 0 Å². The second-order valence-corrected chi connectivity index (χ2v) is 6.51. The lowest BCUT2D eigenvalue weighted by molar-refractivity contribution is 0.626. The standard InChI is InChI=1S/C15H15ClFNOS/c1-10-3-2-4-11(7-10)15(18)9-20(19)12-5-6-14(17)13(16)8-12/h2-8,15H,9,18H2,1H3. The molecule has 2 atom stereocenters. The molecule has 2 nitrogen and oxygen atoms in total. The van der Waals surface area contributed by atoms with Crippen molar-refractivity contribution in [2.24, 2.45) is 5.73 Å². The van der Waals surface area contributed by atoms with Gasteiger partial charge in [0.15, 0.2) is 0 Å². The molecule has 2 aromatic rings. The van der Waals surface area contributed by atoms with E-state index in [1.165, 1.54) is 18.2 Å². The molecule has 0 saturated heterocycles. The monoisotopic (exact) mass is 311 g/mol. The minimum Gasteiger partial charge on any atom is -0.323 e. The third kappa shape index (κ3) is 3.66. The van der Waals surface area contributed by atoms with Crippen LogP contribution in [-0.4, -0.2) is 9.96 Å². The first-order valence-electron chi connectivity index (χ1n) is 6.13. The average Bonchev–Trinajstić information content (AvgIpc) is 2.41. The van der Waals surface area contributed by atoms with Gasteiger partial charge in [-0.3, -0.25) is 4.21 Å². The molecule has 0 fully saturated rings. The maximum absolute atomic E-state index is 13.1. The van der Waals surface area contributed by atoms with Gasteiger partial charge in [-0.25, -0.2) is 4.39 Å². The van der Waals surface area contributed by atoms with Crippen molar-refractivity contribution in [3.05, 3.63) is 64.4 Å². The SMILES string of the molecule is Cc1cccc(C(N)CS(=O)c2ccc(F)c(Cl)c2)c1. The van der Waals surface area contributed by atoms with Crippen LogP contribution >= 0.6 is 11.6 Å². The van der Waals surface area contributed by atoms with Crippen LogP contribution in [0.25, 0.3) is 0 Å². The Morgan fingerprint density at radius 1 is 1.30 bits per heavy atom. The Bertz CT molecular complexity index is 648. The minimum atomic E-state index is -1.32. The van der Waals surface area contributed by atoms with Gasteiger partial charge >= 0.3 is 0 Å². The van der Waals surface area contributed by atoms with Crippen molar-refractivity contribution < 1.29 is 8.60 Å².